The molecular formula is C13H22N4. The van der Waals surface area contributed by atoms with Crippen LogP contribution in [0, 0.1) is 5.92 Å². The lowest BCUT2D eigenvalue weighted by atomic mass is 9.84. The van der Waals surface area contributed by atoms with Gasteiger partial charge in [0, 0.05) is 24.4 Å². The maximum absolute atomic E-state index is 6.28. The summed E-state index contributed by atoms with van der Waals surface area (Å²) in [4.78, 5) is 0. The van der Waals surface area contributed by atoms with Gasteiger partial charge < -0.3 is 10.3 Å². The SMILES string of the molecule is CC1CCn2c(nnc2C2(C)CCCC2N)C1. The van der Waals surface area contributed by atoms with E-state index in [2.05, 4.69) is 28.6 Å². The van der Waals surface area contributed by atoms with Gasteiger partial charge in [-0.25, -0.2) is 0 Å². The van der Waals surface area contributed by atoms with E-state index in [1.54, 1.807) is 0 Å². The molecule has 3 atom stereocenters. The molecule has 0 spiro atoms. The van der Waals surface area contributed by atoms with Gasteiger partial charge in [0.05, 0.1) is 0 Å². The molecule has 1 aliphatic carbocycles. The molecule has 1 saturated carbocycles. The second-order valence-corrected chi connectivity index (χ2v) is 6.11. The van der Waals surface area contributed by atoms with Crippen LogP contribution in [0.25, 0.3) is 0 Å². The summed E-state index contributed by atoms with van der Waals surface area (Å²) in [6.07, 6.45) is 5.80. The van der Waals surface area contributed by atoms with Crippen molar-refractivity contribution < 1.29 is 0 Å². The molecule has 2 heterocycles. The van der Waals surface area contributed by atoms with Crippen LogP contribution in [0.15, 0.2) is 0 Å². The van der Waals surface area contributed by atoms with E-state index < -0.39 is 0 Å². The third-order valence-corrected chi connectivity index (χ3v) is 4.74. The number of nitrogens with zero attached hydrogens (tertiary/aromatic N) is 3. The molecule has 0 bridgehead atoms. The zero-order valence-electron chi connectivity index (χ0n) is 10.8. The highest BCUT2D eigenvalue weighted by Gasteiger charge is 2.42. The summed E-state index contributed by atoms with van der Waals surface area (Å²) in [5, 5.41) is 8.86. The van der Waals surface area contributed by atoms with Crippen LogP contribution in [0.4, 0.5) is 0 Å². The molecule has 1 aliphatic heterocycles. The van der Waals surface area contributed by atoms with Crippen molar-refractivity contribution in [2.24, 2.45) is 11.7 Å². The lowest BCUT2D eigenvalue weighted by Crippen LogP contribution is -2.41. The van der Waals surface area contributed by atoms with Crippen molar-refractivity contribution in [2.45, 2.75) is 64.0 Å². The van der Waals surface area contributed by atoms with E-state index in [-0.39, 0.29) is 11.5 Å². The first-order chi connectivity index (χ1) is 8.11. The summed E-state index contributed by atoms with van der Waals surface area (Å²) in [6, 6.07) is 0.246. The summed E-state index contributed by atoms with van der Waals surface area (Å²) in [6.45, 7) is 5.63. The molecule has 4 nitrogen and oxygen atoms in total. The Bertz CT molecular complexity index is 425. The van der Waals surface area contributed by atoms with Gasteiger partial charge in [-0.15, -0.1) is 10.2 Å². The number of hydrogen-bond donors (Lipinski definition) is 1. The molecule has 1 aromatic heterocycles. The summed E-state index contributed by atoms with van der Waals surface area (Å²) >= 11 is 0. The van der Waals surface area contributed by atoms with Gasteiger partial charge in [0.15, 0.2) is 0 Å². The van der Waals surface area contributed by atoms with Crippen molar-refractivity contribution in [3.8, 4) is 0 Å². The maximum atomic E-state index is 6.28. The standard InChI is InChI=1S/C13H22N4/c1-9-5-7-17-11(8-9)15-16-12(17)13(2)6-3-4-10(13)14/h9-10H,3-8,14H2,1-2H3. The average molecular weight is 234 g/mol. The Hall–Kier alpha value is -0.900. The Labute approximate surface area is 103 Å². The maximum Gasteiger partial charge on any atom is 0.140 e. The minimum Gasteiger partial charge on any atom is -0.327 e. The summed E-state index contributed by atoms with van der Waals surface area (Å²) in [5.74, 6) is 3.05. The van der Waals surface area contributed by atoms with Gasteiger partial charge in [0.2, 0.25) is 0 Å². The van der Waals surface area contributed by atoms with E-state index in [0.717, 1.165) is 37.5 Å². The number of aromatic nitrogens is 3. The van der Waals surface area contributed by atoms with Crippen molar-refractivity contribution in [3.63, 3.8) is 0 Å². The normalized spacial score (nSPS) is 37.1. The third-order valence-electron chi connectivity index (χ3n) is 4.74. The van der Waals surface area contributed by atoms with Gasteiger partial charge in [0.25, 0.3) is 0 Å². The lowest BCUT2D eigenvalue weighted by Gasteiger charge is -2.30. The van der Waals surface area contributed by atoms with E-state index in [0.29, 0.717) is 0 Å². The molecule has 1 fully saturated rings. The highest BCUT2D eigenvalue weighted by atomic mass is 15.3. The minimum absolute atomic E-state index is 0.0474. The van der Waals surface area contributed by atoms with E-state index in [1.165, 1.54) is 18.7 Å². The third kappa shape index (κ3) is 1.61. The monoisotopic (exact) mass is 234 g/mol. The lowest BCUT2D eigenvalue weighted by molar-refractivity contribution is 0.349. The first kappa shape index (κ1) is 11.2. The Morgan fingerprint density at radius 3 is 2.88 bits per heavy atom. The van der Waals surface area contributed by atoms with Crippen LogP contribution in [-0.2, 0) is 18.4 Å². The predicted molar refractivity (Wildman–Crippen MR) is 66.7 cm³/mol. The fourth-order valence-corrected chi connectivity index (χ4v) is 3.38. The molecule has 4 heteroatoms. The first-order valence-corrected chi connectivity index (χ1v) is 6.79. The van der Waals surface area contributed by atoms with Crippen molar-refractivity contribution in [2.75, 3.05) is 0 Å². The molecule has 1 aromatic rings. The van der Waals surface area contributed by atoms with Crippen LogP contribution in [-0.4, -0.2) is 20.8 Å². The number of rotatable bonds is 1. The number of nitrogens with two attached hydrogens (primary N) is 1. The van der Waals surface area contributed by atoms with E-state index in [4.69, 9.17) is 5.73 Å². The second-order valence-electron chi connectivity index (χ2n) is 6.11. The molecular weight excluding hydrogens is 212 g/mol. The van der Waals surface area contributed by atoms with Crippen LogP contribution in [0.3, 0.4) is 0 Å². The van der Waals surface area contributed by atoms with Crippen LogP contribution in [0.5, 0.6) is 0 Å². The van der Waals surface area contributed by atoms with Crippen molar-refractivity contribution in [1.82, 2.24) is 14.8 Å². The Morgan fingerprint density at radius 1 is 1.35 bits per heavy atom. The molecule has 3 rings (SSSR count). The van der Waals surface area contributed by atoms with Crippen molar-refractivity contribution >= 4 is 0 Å². The molecule has 0 aromatic carbocycles. The number of hydrogen-bond acceptors (Lipinski definition) is 3. The van der Waals surface area contributed by atoms with Crippen molar-refractivity contribution in [3.05, 3.63) is 11.6 Å². The van der Waals surface area contributed by atoms with Crippen LogP contribution in [0.2, 0.25) is 0 Å². The van der Waals surface area contributed by atoms with E-state index in [1.807, 2.05) is 0 Å². The molecule has 94 valence electrons. The largest absolute Gasteiger partial charge is 0.327 e. The fraction of sp³-hybridized carbons (Fsp3) is 0.846. The van der Waals surface area contributed by atoms with Crippen LogP contribution in [0.1, 0.15) is 51.2 Å². The fourth-order valence-electron chi connectivity index (χ4n) is 3.38. The van der Waals surface area contributed by atoms with Gasteiger partial charge in [-0.3, -0.25) is 0 Å². The Balaban J connectivity index is 1.99. The van der Waals surface area contributed by atoms with Gasteiger partial charge in [-0.05, 0) is 25.2 Å². The van der Waals surface area contributed by atoms with Crippen LogP contribution >= 0.6 is 0 Å². The quantitative estimate of drug-likeness (QED) is 0.803. The minimum atomic E-state index is 0.0474. The number of fused-ring (bicyclic) bond motifs is 1. The summed E-state index contributed by atoms with van der Waals surface area (Å²) in [5.41, 5.74) is 6.33. The average Bonchev–Trinajstić information content (AvgIpc) is 2.84. The van der Waals surface area contributed by atoms with Crippen molar-refractivity contribution in [1.29, 1.82) is 0 Å². The first-order valence-electron chi connectivity index (χ1n) is 6.79. The molecule has 0 amide bonds. The topological polar surface area (TPSA) is 56.7 Å². The molecule has 2 aliphatic rings. The highest BCUT2D eigenvalue weighted by Crippen LogP contribution is 2.39. The van der Waals surface area contributed by atoms with Gasteiger partial charge in [0.1, 0.15) is 11.6 Å². The summed E-state index contributed by atoms with van der Waals surface area (Å²) < 4.78 is 2.34. The Morgan fingerprint density at radius 2 is 2.18 bits per heavy atom. The van der Waals surface area contributed by atoms with E-state index in [9.17, 15) is 0 Å². The predicted octanol–water partition coefficient (Wildman–Crippen LogP) is 1.63. The molecule has 0 saturated heterocycles. The molecule has 2 N–H and O–H groups in total. The zero-order valence-corrected chi connectivity index (χ0v) is 10.8. The van der Waals surface area contributed by atoms with E-state index >= 15 is 0 Å². The molecule has 0 radical (unpaired) electrons. The smallest absolute Gasteiger partial charge is 0.140 e. The molecule has 3 unspecified atom stereocenters. The highest BCUT2D eigenvalue weighted by molar-refractivity contribution is 5.17. The van der Waals surface area contributed by atoms with Gasteiger partial charge in [-0.1, -0.05) is 20.3 Å². The zero-order chi connectivity index (χ0) is 12.0. The van der Waals surface area contributed by atoms with Gasteiger partial charge in [-0.2, -0.15) is 0 Å². The summed E-state index contributed by atoms with van der Waals surface area (Å²) in [7, 11) is 0. The second kappa shape index (κ2) is 3.80. The Kier molecular flexibility index (Phi) is 2.51. The van der Waals surface area contributed by atoms with Gasteiger partial charge >= 0.3 is 0 Å². The molecule has 17 heavy (non-hydrogen) atoms. The van der Waals surface area contributed by atoms with Crippen LogP contribution < -0.4 is 5.73 Å².